The fourth-order valence-corrected chi connectivity index (χ4v) is 6.63. The van der Waals surface area contributed by atoms with Gasteiger partial charge in [0.25, 0.3) is 0 Å². The van der Waals surface area contributed by atoms with E-state index in [0.717, 1.165) is 51.4 Å². The lowest BCUT2D eigenvalue weighted by Gasteiger charge is -2.62. The van der Waals surface area contributed by atoms with Gasteiger partial charge in [-0.3, -0.25) is 10.5 Å². The Morgan fingerprint density at radius 2 is 1.13 bits per heavy atom. The molecule has 30 heavy (non-hydrogen) atoms. The first kappa shape index (κ1) is 30.0. The Labute approximate surface area is 189 Å². The van der Waals surface area contributed by atoms with Gasteiger partial charge in [0.15, 0.2) is 0 Å². The molecule has 178 valence electrons. The highest BCUT2D eigenvalue weighted by Gasteiger charge is 2.61. The fraction of sp³-hybridized carbons (Fsp3) is 1.00. The molecule has 0 radical (unpaired) electrons. The van der Waals surface area contributed by atoms with Crippen LogP contribution in [0.1, 0.15) is 120 Å². The molecule has 0 aliphatic heterocycles. The van der Waals surface area contributed by atoms with Crippen LogP contribution in [0.15, 0.2) is 0 Å². The molecular formula is C24H52B2O4. The Balaban J connectivity index is 6.89. The van der Waals surface area contributed by atoms with Crippen LogP contribution in [0.5, 0.6) is 0 Å². The molecule has 0 aromatic heterocycles. The van der Waals surface area contributed by atoms with E-state index in [1.807, 2.05) is 0 Å². The molecule has 0 fully saturated rings. The summed E-state index contributed by atoms with van der Waals surface area (Å²) in [6, 6.07) is 0. The summed E-state index contributed by atoms with van der Waals surface area (Å²) in [6.45, 7) is 19.9. The van der Waals surface area contributed by atoms with Crippen molar-refractivity contribution >= 4 is 15.7 Å². The lowest BCUT2D eigenvalue weighted by atomic mass is 9.29. The molecule has 0 rings (SSSR count). The summed E-state index contributed by atoms with van der Waals surface area (Å²) in [5.74, 6) is 0. The van der Waals surface area contributed by atoms with Crippen molar-refractivity contribution < 1.29 is 20.3 Å². The van der Waals surface area contributed by atoms with Crippen LogP contribution in [-0.2, 0) is 9.78 Å². The molecule has 0 aliphatic rings. The van der Waals surface area contributed by atoms with Gasteiger partial charge in [0.05, 0.1) is 0 Å². The molecule has 0 spiro atoms. The van der Waals surface area contributed by atoms with Crippen molar-refractivity contribution in [1.82, 2.24) is 0 Å². The van der Waals surface area contributed by atoms with Crippen molar-refractivity contribution in [2.75, 3.05) is 0 Å². The van der Waals surface area contributed by atoms with Gasteiger partial charge in [-0.2, -0.15) is 0 Å². The maximum absolute atomic E-state index is 10.5. The van der Waals surface area contributed by atoms with Crippen LogP contribution in [0.25, 0.3) is 0 Å². The van der Waals surface area contributed by atoms with Crippen LogP contribution >= 0.6 is 0 Å². The summed E-state index contributed by atoms with van der Waals surface area (Å²) in [7, 11) is 4.76. The van der Waals surface area contributed by atoms with E-state index < -0.39 is 5.60 Å². The standard InChI is InChI=1S/C24H52B2O4/c1-10-20(9,11-2)24(25,26)23(16-7,17-8)19(29-27)21(12-3,13-4)18-22(14-5,15-6)30-28/h19,27-28H,10-18,25-26H2,1-9H3. The molecule has 0 saturated heterocycles. The van der Waals surface area contributed by atoms with Crippen molar-refractivity contribution in [3.63, 3.8) is 0 Å². The van der Waals surface area contributed by atoms with Gasteiger partial charge < -0.3 is 0 Å². The number of hydrogen-bond donors (Lipinski definition) is 2. The Bertz CT molecular complexity index is 471. The first-order valence-electron chi connectivity index (χ1n) is 12.6. The van der Waals surface area contributed by atoms with E-state index in [0.29, 0.717) is 6.42 Å². The highest BCUT2D eigenvalue weighted by atomic mass is 17.1. The molecule has 6 heteroatoms. The second kappa shape index (κ2) is 11.7. The number of hydrogen-bond acceptors (Lipinski definition) is 4. The minimum atomic E-state index is -0.626. The maximum Gasteiger partial charge on any atom is 0.103 e. The van der Waals surface area contributed by atoms with Crippen molar-refractivity contribution in [1.29, 1.82) is 0 Å². The van der Waals surface area contributed by atoms with Crippen LogP contribution in [0.2, 0.25) is 5.21 Å². The molecule has 0 aliphatic carbocycles. The zero-order valence-corrected chi connectivity index (χ0v) is 22.2. The fourth-order valence-electron chi connectivity index (χ4n) is 6.63. The summed E-state index contributed by atoms with van der Waals surface area (Å²) in [5.41, 5.74) is -1.05. The second-order valence-corrected chi connectivity index (χ2v) is 10.5. The van der Waals surface area contributed by atoms with E-state index in [2.05, 4.69) is 78.0 Å². The molecule has 0 saturated carbocycles. The summed E-state index contributed by atoms with van der Waals surface area (Å²) in [5, 5.41) is 20.3. The van der Waals surface area contributed by atoms with Gasteiger partial charge >= 0.3 is 0 Å². The van der Waals surface area contributed by atoms with Crippen LogP contribution in [0, 0.1) is 16.2 Å². The molecule has 0 heterocycles. The first-order chi connectivity index (χ1) is 13.9. The Kier molecular flexibility index (Phi) is 11.7. The SMILES string of the molecule is BC(B)(C(C)(CC)CC)C(CC)(CC)C(OO)C(CC)(CC)CC(CC)(CC)OO. The Hall–Kier alpha value is -0.0301. The lowest BCUT2D eigenvalue weighted by molar-refractivity contribution is -0.363. The zero-order valence-electron chi connectivity index (χ0n) is 22.2. The minimum absolute atomic E-state index is 0.0723. The van der Waals surface area contributed by atoms with Gasteiger partial charge in [-0.05, 0) is 55.8 Å². The van der Waals surface area contributed by atoms with E-state index in [9.17, 15) is 10.5 Å². The Morgan fingerprint density at radius 1 is 0.700 bits per heavy atom. The molecule has 0 bridgehead atoms. The highest BCUT2D eigenvalue weighted by Crippen LogP contribution is 2.65. The topological polar surface area (TPSA) is 58.9 Å². The third kappa shape index (κ3) is 4.82. The smallest absolute Gasteiger partial charge is 0.103 e. The Morgan fingerprint density at radius 3 is 1.37 bits per heavy atom. The van der Waals surface area contributed by atoms with E-state index in [1.165, 1.54) is 0 Å². The molecule has 0 aromatic rings. The van der Waals surface area contributed by atoms with E-state index in [-0.39, 0.29) is 27.6 Å². The zero-order chi connectivity index (χ0) is 23.9. The van der Waals surface area contributed by atoms with E-state index >= 15 is 0 Å². The van der Waals surface area contributed by atoms with Crippen molar-refractivity contribution in [3.05, 3.63) is 0 Å². The summed E-state index contributed by atoms with van der Waals surface area (Å²) in [4.78, 5) is 10.7. The highest BCUT2D eigenvalue weighted by molar-refractivity contribution is 6.41. The van der Waals surface area contributed by atoms with Crippen molar-refractivity contribution in [2.24, 2.45) is 16.2 Å². The van der Waals surface area contributed by atoms with E-state index in [4.69, 9.17) is 9.78 Å². The number of rotatable bonds is 16. The van der Waals surface area contributed by atoms with Gasteiger partial charge in [-0.15, -0.1) is 0 Å². The average molecular weight is 426 g/mol. The molecule has 0 aromatic carbocycles. The molecule has 4 nitrogen and oxygen atoms in total. The molecular weight excluding hydrogens is 374 g/mol. The molecule has 2 N–H and O–H groups in total. The predicted molar refractivity (Wildman–Crippen MR) is 134 cm³/mol. The van der Waals surface area contributed by atoms with Crippen LogP contribution in [0.4, 0.5) is 0 Å². The summed E-state index contributed by atoms with van der Waals surface area (Å²) >= 11 is 0. The average Bonchev–Trinajstić information content (AvgIpc) is 2.78. The van der Waals surface area contributed by atoms with Gasteiger partial charge in [0.1, 0.15) is 27.4 Å². The van der Waals surface area contributed by atoms with Crippen LogP contribution in [0.3, 0.4) is 0 Å². The third-order valence-corrected chi connectivity index (χ3v) is 10.3. The van der Waals surface area contributed by atoms with Crippen LogP contribution < -0.4 is 0 Å². The predicted octanol–water partition coefficient (Wildman–Crippen LogP) is 6.10. The normalized spacial score (nSPS) is 15.4. The van der Waals surface area contributed by atoms with Crippen molar-refractivity contribution in [2.45, 2.75) is 137 Å². The van der Waals surface area contributed by atoms with Crippen LogP contribution in [-0.4, -0.2) is 37.9 Å². The minimum Gasteiger partial charge on any atom is -0.251 e. The first-order valence-corrected chi connectivity index (χ1v) is 12.6. The lowest BCUT2D eigenvalue weighted by Crippen LogP contribution is -2.60. The van der Waals surface area contributed by atoms with Gasteiger partial charge in [-0.1, -0.05) is 80.4 Å². The van der Waals surface area contributed by atoms with Gasteiger partial charge in [0, 0.05) is 5.41 Å². The molecule has 1 unspecified atom stereocenters. The van der Waals surface area contributed by atoms with Gasteiger partial charge in [-0.25, -0.2) is 9.78 Å². The summed E-state index contributed by atoms with van der Waals surface area (Å²) in [6.07, 6.45) is 7.45. The maximum atomic E-state index is 10.5. The van der Waals surface area contributed by atoms with Gasteiger partial charge in [0.2, 0.25) is 0 Å². The molecule has 1 atom stereocenters. The largest absolute Gasteiger partial charge is 0.251 e. The summed E-state index contributed by atoms with van der Waals surface area (Å²) < 4.78 is 0. The quantitative estimate of drug-likeness (QED) is 0.178. The van der Waals surface area contributed by atoms with E-state index in [1.54, 1.807) is 0 Å². The molecule has 0 amide bonds. The monoisotopic (exact) mass is 426 g/mol. The third-order valence-electron chi connectivity index (χ3n) is 10.3. The second-order valence-electron chi connectivity index (χ2n) is 10.5. The van der Waals surface area contributed by atoms with Crippen molar-refractivity contribution in [3.8, 4) is 0 Å².